The lowest BCUT2D eigenvalue weighted by molar-refractivity contribution is -0.385. The third kappa shape index (κ3) is 4.03. The molecular weight excluding hydrogens is 364 g/mol. The smallest absolute Gasteiger partial charge is 0.277 e. The van der Waals surface area contributed by atoms with Crippen LogP contribution in [0, 0.1) is 17.0 Å². The number of nitrogens with zero attached hydrogens (tertiary/aromatic N) is 3. The van der Waals surface area contributed by atoms with Gasteiger partial charge in [0.15, 0.2) is 0 Å². The molecule has 0 aliphatic carbocycles. The summed E-state index contributed by atoms with van der Waals surface area (Å²) in [7, 11) is 0. The number of hydrogen-bond acceptors (Lipinski definition) is 8. The third-order valence-corrected chi connectivity index (χ3v) is 4.92. The Balaban J connectivity index is 1.60. The van der Waals surface area contributed by atoms with Crippen LogP contribution in [-0.4, -0.2) is 26.8 Å². The largest absolute Gasteiger partial charge is 0.410 e. The molecule has 0 saturated carbocycles. The van der Waals surface area contributed by atoms with Crippen LogP contribution in [0.25, 0.3) is 10.8 Å². The summed E-state index contributed by atoms with van der Waals surface area (Å²) in [6, 6.07) is 8.28. The number of nitro benzene ring substituents is 1. The van der Waals surface area contributed by atoms with E-state index in [-0.39, 0.29) is 22.6 Å². The number of nitrogens with one attached hydrogen (secondary N) is 1. The fraction of sp³-hybridized carbons (Fsp3) is 0.133. The van der Waals surface area contributed by atoms with Gasteiger partial charge in [-0.25, -0.2) is 0 Å². The molecule has 0 fully saturated rings. The Morgan fingerprint density at radius 3 is 2.92 bits per heavy atom. The van der Waals surface area contributed by atoms with Crippen LogP contribution in [-0.2, 0) is 4.79 Å². The SMILES string of the molecule is Cc1c(NC(=O)CSc2nnc(-c3cccs3)o2)cccc1[N+](=O)[O-]. The first-order chi connectivity index (χ1) is 12.0. The fourth-order valence-corrected chi connectivity index (χ4v) is 3.25. The van der Waals surface area contributed by atoms with Gasteiger partial charge in [-0.05, 0) is 24.4 Å². The third-order valence-electron chi connectivity index (χ3n) is 3.24. The van der Waals surface area contributed by atoms with E-state index in [9.17, 15) is 14.9 Å². The maximum atomic E-state index is 12.1. The van der Waals surface area contributed by atoms with E-state index in [4.69, 9.17) is 4.42 Å². The summed E-state index contributed by atoms with van der Waals surface area (Å²) in [5.74, 6) is 0.144. The zero-order valence-electron chi connectivity index (χ0n) is 13.0. The molecule has 1 N–H and O–H groups in total. The molecule has 0 saturated heterocycles. The molecule has 0 atom stereocenters. The quantitative estimate of drug-likeness (QED) is 0.396. The topological polar surface area (TPSA) is 111 Å². The molecule has 25 heavy (non-hydrogen) atoms. The van der Waals surface area contributed by atoms with Crippen molar-refractivity contribution >= 4 is 40.4 Å². The Morgan fingerprint density at radius 2 is 2.20 bits per heavy atom. The average molecular weight is 376 g/mol. The van der Waals surface area contributed by atoms with Gasteiger partial charge < -0.3 is 9.73 Å². The van der Waals surface area contributed by atoms with Gasteiger partial charge in [-0.1, -0.05) is 23.9 Å². The second-order valence-corrected chi connectivity index (χ2v) is 6.77. The van der Waals surface area contributed by atoms with Gasteiger partial charge in [0.25, 0.3) is 16.8 Å². The normalized spacial score (nSPS) is 10.6. The fourth-order valence-electron chi connectivity index (χ4n) is 2.04. The average Bonchev–Trinajstić information content (AvgIpc) is 3.25. The van der Waals surface area contributed by atoms with Crippen molar-refractivity contribution in [3.63, 3.8) is 0 Å². The number of carbonyl (C=O) groups excluding carboxylic acids is 1. The van der Waals surface area contributed by atoms with Crippen LogP contribution < -0.4 is 5.32 Å². The van der Waals surface area contributed by atoms with Crippen molar-refractivity contribution in [1.82, 2.24) is 10.2 Å². The Kier molecular flexibility index (Phi) is 5.10. The van der Waals surface area contributed by atoms with Crippen LogP contribution in [0.1, 0.15) is 5.56 Å². The van der Waals surface area contributed by atoms with Crippen LogP contribution >= 0.6 is 23.1 Å². The number of anilines is 1. The van der Waals surface area contributed by atoms with Gasteiger partial charge in [0, 0.05) is 6.07 Å². The zero-order chi connectivity index (χ0) is 17.8. The summed E-state index contributed by atoms with van der Waals surface area (Å²) in [4.78, 5) is 23.4. The second kappa shape index (κ2) is 7.45. The van der Waals surface area contributed by atoms with E-state index < -0.39 is 4.92 Å². The minimum atomic E-state index is -0.482. The van der Waals surface area contributed by atoms with Crippen LogP contribution in [0.5, 0.6) is 0 Å². The van der Waals surface area contributed by atoms with E-state index in [1.54, 1.807) is 13.0 Å². The highest BCUT2D eigenvalue weighted by Gasteiger charge is 2.16. The van der Waals surface area contributed by atoms with Crippen LogP contribution in [0.3, 0.4) is 0 Å². The minimum Gasteiger partial charge on any atom is -0.410 e. The molecule has 10 heteroatoms. The van der Waals surface area contributed by atoms with E-state index >= 15 is 0 Å². The molecule has 1 amide bonds. The summed E-state index contributed by atoms with van der Waals surface area (Å²) >= 11 is 2.58. The number of amides is 1. The molecule has 3 aromatic rings. The molecule has 1 aromatic carbocycles. The summed E-state index contributed by atoms with van der Waals surface area (Å²) in [5.41, 5.74) is 0.774. The first-order valence-corrected chi connectivity index (χ1v) is 8.95. The van der Waals surface area contributed by atoms with Crippen LogP contribution in [0.4, 0.5) is 11.4 Å². The number of carbonyl (C=O) groups is 1. The highest BCUT2D eigenvalue weighted by Crippen LogP contribution is 2.27. The van der Waals surface area contributed by atoms with Crippen molar-refractivity contribution in [1.29, 1.82) is 0 Å². The maximum absolute atomic E-state index is 12.1. The molecule has 2 heterocycles. The lowest BCUT2D eigenvalue weighted by Crippen LogP contribution is -2.15. The number of thioether (sulfide) groups is 1. The molecule has 128 valence electrons. The van der Waals surface area contributed by atoms with Gasteiger partial charge in [-0.3, -0.25) is 14.9 Å². The number of nitro groups is 1. The predicted octanol–water partition coefficient (Wildman–Crippen LogP) is 3.75. The Bertz CT molecular complexity index is 908. The second-order valence-electron chi connectivity index (χ2n) is 4.89. The Hall–Kier alpha value is -2.72. The molecule has 0 spiro atoms. The number of benzene rings is 1. The monoisotopic (exact) mass is 376 g/mol. The molecule has 0 bridgehead atoms. The van der Waals surface area contributed by atoms with E-state index in [2.05, 4.69) is 15.5 Å². The number of aromatic nitrogens is 2. The van der Waals surface area contributed by atoms with Crippen molar-refractivity contribution in [3.8, 4) is 10.8 Å². The van der Waals surface area contributed by atoms with Crippen molar-refractivity contribution in [3.05, 3.63) is 51.4 Å². The van der Waals surface area contributed by atoms with Crippen LogP contribution in [0.15, 0.2) is 45.4 Å². The van der Waals surface area contributed by atoms with Crippen molar-refractivity contribution in [2.24, 2.45) is 0 Å². The first kappa shape index (κ1) is 17.1. The van der Waals surface area contributed by atoms with Gasteiger partial charge >= 0.3 is 0 Å². The van der Waals surface area contributed by atoms with E-state index in [0.29, 0.717) is 17.1 Å². The van der Waals surface area contributed by atoms with Crippen molar-refractivity contribution in [2.45, 2.75) is 12.1 Å². The lowest BCUT2D eigenvalue weighted by atomic mass is 10.1. The maximum Gasteiger partial charge on any atom is 0.277 e. The van der Waals surface area contributed by atoms with E-state index in [1.165, 1.54) is 23.5 Å². The number of hydrogen-bond donors (Lipinski definition) is 1. The van der Waals surface area contributed by atoms with Gasteiger partial charge in [-0.2, -0.15) is 0 Å². The molecule has 8 nitrogen and oxygen atoms in total. The Labute approximate surface area is 150 Å². The summed E-state index contributed by atoms with van der Waals surface area (Å²) in [6.07, 6.45) is 0. The Morgan fingerprint density at radius 1 is 1.36 bits per heavy atom. The van der Waals surface area contributed by atoms with Gasteiger partial charge in [-0.15, -0.1) is 21.5 Å². The summed E-state index contributed by atoms with van der Waals surface area (Å²) < 4.78 is 5.48. The molecule has 0 unspecified atom stereocenters. The van der Waals surface area contributed by atoms with Gasteiger partial charge in [0.1, 0.15) is 0 Å². The molecule has 0 aliphatic heterocycles. The molecule has 0 radical (unpaired) electrons. The summed E-state index contributed by atoms with van der Waals surface area (Å²) in [6.45, 7) is 1.59. The zero-order valence-corrected chi connectivity index (χ0v) is 14.6. The minimum absolute atomic E-state index is 0.0389. The summed E-state index contributed by atoms with van der Waals surface area (Å²) in [5, 5.41) is 23.6. The molecule has 3 rings (SSSR count). The highest BCUT2D eigenvalue weighted by atomic mass is 32.2. The van der Waals surface area contributed by atoms with Gasteiger partial charge in [0.2, 0.25) is 5.91 Å². The lowest BCUT2D eigenvalue weighted by Gasteiger charge is -2.07. The highest BCUT2D eigenvalue weighted by molar-refractivity contribution is 7.99. The predicted molar refractivity (Wildman–Crippen MR) is 94.8 cm³/mol. The van der Waals surface area contributed by atoms with Crippen molar-refractivity contribution in [2.75, 3.05) is 11.1 Å². The van der Waals surface area contributed by atoms with E-state index in [1.807, 2.05) is 17.5 Å². The number of thiophene rings is 1. The molecule has 0 aliphatic rings. The van der Waals surface area contributed by atoms with Gasteiger partial charge in [0.05, 0.1) is 26.8 Å². The molecule has 2 aromatic heterocycles. The van der Waals surface area contributed by atoms with E-state index in [0.717, 1.165) is 16.6 Å². The van der Waals surface area contributed by atoms with Crippen molar-refractivity contribution < 1.29 is 14.1 Å². The van der Waals surface area contributed by atoms with Crippen LogP contribution in [0.2, 0.25) is 0 Å². The number of rotatable bonds is 6. The standard InChI is InChI=1S/C15H12N4O4S2/c1-9-10(4-2-5-11(9)19(21)22)16-13(20)8-25-15-18-17-14(23-15)12-6-3-7-24-12/h2-7H,8H2,1H3,(H,16,20). The molecular formula is C15H12N4O4S2. The first-order valence-electron chi connectivity index (χ1n) is 7.08.